The Morgan fingerprint density at radius 2 is 1.50 bits per heavy atom. The van der Waals surface area contributed by atoms with Crippen molar-refractivity contribution >= 4 is 10.8 Å². The molecule has 1 atom stereocenters. The quantitative estimate of drug-likeness (QED) is 0.543. The van der Waals surface area contributed by atoms with Gasteiger partial charge in [-0.25, -0.2) is 0 Å². The van der Waals surface area contributed by atoms with Gasteiger partial charge < -0.3 is 4.48 Å². The molecule has 3 aliphatic rings. The Hall–Kier alpha value is -2.12. The smallest absolute Gasteiger partial charge is 0.105 e. The van der Waals surface area contributed by atoms with E-state index in [2.05, 4.69) is 72.8 Å². The van der Waals surface area contributed by atoms with Crippen LogP contribution in [0.1, 0.15) is 30.4 Å². The lowest BCUT2D eigenvalue weighted by atomic mass is 9.77. The van der Waals surface area contributed by atoms with E-state index in [1.54, 1.807) is 5.56 Å². The minimum absolute atomic E-state index is 0.772. The lowest BCUT2D eigenvalue weighted by Crippen LogP contribution is -2.64. The van der Waals surface area contributed by atoms with Crippen LogP contribution in [0.3, 0.4) is 0 Å². The standard InChI is InChI=1S/C25H28N/c1-2-7-21(8-3-1)19-26-15-13-20(14-16-26)17-24(26)18-23-11-6-10-22-9-4-5-12-25(22)23/h1-12,20,24H,13-19H2/q+1/t20?,24-,26?/m0/s1. The van der Waals surface area contributed by atoms with Crippen molar-refractivity contribution in [3.63, 3.8) is 0 Å². The number of hydrogen-bond donors (Lipinski definition) is 0. The molecule has 3 aliphatic heterocycles. The summed E-state index contributed by atoms with van der Waals surface area (Å²) in [5.74, 6) is 0.964. The van der Waals surface area contributed by atoms with E-state index < -0.39 is 0 Å². The second-order valence-electron chi connectivity index (χ2n) is 8.48. The van der Waals surface area contributed by atoms with E-state index in [0.29, 0.717) is 0 Å². The molecule has 3 saturated heterocycles. The Labute approximate surface area is 156 Å². The number of hydrogen-bond acceptors (Lipinski definition) is 0. The maximum absolute atomic E-state index is 2.37. The summed E-state index contributed by atoms with van der Waals surface area (Å²) in [5.41, 5.74) is 3.06. The minimum Gasteiger partial charge on any atom is -0.317 e. The molecule has 0 N–H and O–H groups in total. The molecule has 2 bridgehead atoms. The van der Waals surface area contributed by atoms with E-state index >= 15 is 0 Å². The van der Waals surface area contributed by atoms with Crippen LogP contribution in [0.5, 0.6) is 0 Å². The second kappa shape index (κ2) is 6.55. The lowest BCUT2D eigenvalue weighted by Gasteiger charge is -2.55. The van der Waals surface area contributed by atoms with Crippen LogP contribution in [0.15, 0.2) is 72.8 Å². The highest BCUT2D eigenvalue weighted by molar-refractivity contribution is 5.85. The number of rotatable bonds is 4. The Morgan fingerprint density at radius 1 is 0.769 bits per heavy atom. The van der Waals surface area contributed by atoms with Gasteiger partial charge in [0.05, 0.1) is 19.1 Å². The number of nitrogens with zero attached hydrogens (tertiary/aromatic N) is 1. The third kappa shape index (κ3) is 2.85. The molecule has 0 unspecified atom stereocenters. The van der Waals surface area contributed by atoms with Crippen LogP contribution in [0, 0.1) is 5.92 Å². The van der Waals surface area contributed by atoms with E-state index in [1.807, 2.05) is 0 Å². The van der Waals surface area contributed by atoms with Crippen molar-refractivity contribution in [1.29, 1.82) is 0 Å². The Morgan fingerprint density at radius 3 is 2.35 bits per heavy atom. The average Bonchev–Trinajstić information content (AvgIpc) is 2.70. The third-order valence-corrected chi connectivity index (χ3v) is 7.02. The van der Waals surface area contributed by atoms with Crippen LogP contribution < -0.4 is 0 Å². The van der Waals surface area contributed by atoms with Gasteiger partial charge in [0, 0.05) is 18.4 Å². The van der Waals surface area contributed by atoms with Crippen LogP contribution in [0.4, 0.5) is 0 Å². The van der Waals surface area contributed by atoms with Gasteiger partial charge in [0.15, 0.2) is 0 Å². The SMILES string of the molecule is c1ccc(C[N+]23CCC(CC2)C[C@H]3Cc2cccc3ccccc23)cc1. The summed E-state index contributed by atoms with van der Waals surface area (Å²) in [4.78, 5) is 0. The molecule has 0 radical (unpaired) electrons. The number of fused-ring (bicyclic) bond motifs is 4. The highest BCUT2D eigenvalue weighted by Gasteiger charge is 2.47. The molecule has 0 saturated carbocycles. The lowest BCUT2D eigenvalue weighted by molar-refractivity contribution is -0.978. The van der Waals surface area contributed by atoms with Crippen molar-refractivity contribution in [3.8, 4) is 0 Å². The summed E-state index contributed by atoms with van der Waals surface area (Å²) >= 11 is 0. The van der Waals surface area contributed by atoms with E-state index in [0.717, 1.165) is 12.0 Å². The normalized spacial score (nSPS) is 27.7. The van der Waals surface area contributed by atoms with Gasteiger partial charge in [-0.2, -0.15) is 0 Å². The molecule has 1 heteroatoms. The zero-order valence-electron chi connectivity index (χ0n) is 15.5. The molecular formula is C25H28N+. The Balaban J connectivity index is 1.48. The van der Waals surface area contributed by atoms with Crippen LogP contribution in [-0.4, -0.2) is 23.6 Å². The first-order chi connectivity index (χ1) is 12.8. The van der Waals surface area contributed by atoms with Gasteiger partial charge in [-0.05, 0) is 35.1 Å². The van der Waals surface area contributed by atoms with Gasteiger partial charge in [-0.1, -0.05) is 72.8 Å². The van der Waals surface area contributed by atoms with Gasteiger partial charge in [0.25, 0.3) is 0 Å². The Kier molecular flexibility index (Phi) is 4.05. The molecule has 26 heavy (non-hydrogen) atoms. The predicted molar refractivity (Wildman–Crippen MR) is 109 cm³/mol. The van der Waals surface area contributed by atoms with Crippen LogP contribution in [0.2, 0.25) is 0 Å². The topological polar surface area (TPSA) is 0 Å². The zero-order valence-corrected chi connectivity index (χ0v) is 15.5. The summed E-state index contributed by atoms with van der Waals surface area (Å²) in [6.07, 6.45) is 5.50. The van der Waals surface area contributed by atoms with E-state index in [9.17, 15) is 0 Å². The molecule has 0 spiro atoms. The molecule has 1 nitrogen and oxygen atoms in total. The number of piperidine rings is 3. The molecule has 132 valence electrons. The summed E-state index contributed by atoms with van der Waals surface area (Å²) in [7, 11) is 0. The first-order valence-electron chi connectivity index (χ1n) is 10.2. The summed E-state index contributed by atoms with van der Waals surface area (Å²) in [6.45, 7) is 3.95. The molecule has 0 amide bonds. The van der Waals surface area contributed by atoms with Gasteiger partial charge in [0.2, 0.25) is 0 Å². The van der Waals surface area contributed by atoms with Crippen LogP contribution in [-0.2, 0) is 13.0 Å². The average molecular weight is 343 g/mol. The number of quaternary nitrogens is 1. The van der Waals surface area contributed by atoms with Crippen molar-refractivity contribution < 1.29 is 4.48 Å². The van der Waals surface area contributed by atoms with Crippen molar-refractivity contribution in [2.45, 2.75) is 38.3 Å². The maximum Gasteiger partial charge on any atom is 0.105 e. The first-order valence-corrected chi connectivity index (χ1v) is 10.2. The van der Waals surface area contributed by atoms with Crippen molar-refractivity contribution in [3.05, 3.63) is 83.9 Å². The highest BCUT2D eigenvalue weighted by atomic mass is 15.4. The fourth-order valence-electron chi connectivity index (χ4n) is 5.58. The minimum atomic E-state index is 0.772. The molecule has 0 aromatic heterocycles. The third-order valence-electron chi connectivity index (χ3n) is 7.02. The molecule has 3 aromatic rings. The van der Waals surface area contributed by atoms with Crippen LogP contribution >= 0.6 is 0 Å². The van der Waals surface area contributed by atoms with Gasteiger partial charge >= 0.3 is 0 Å². The molecule has 6 rings (SSSR count). The molecule has 3 aromatic carbocycles. The maximum atomic E-state index is 2.37. The van der Waals surface area contributed by atoms with Gasteiger partial charge in [-0.3, -0.25) is 0 Å². The number of benzene rings is 3. The van der Waals surface area contributed by atoms with E-state index in [-0.39, 0.29) is 0 Å². The molecule has 3 heterocycles. The second-order valence-corrected chi connectivity index (χ2v) is 8.48. The molecule has 0 aliphatic carbocycles. The zero-order chi connectivity index (χ0) is 17.4. The van der Waals surface area contributed by atoms with Crippen molar-refractivity contribution in [1.82, 2.24) is 0 Å². The van der Waals surface area contributed by atoms with Gasteiger partial charge in [-0.15, -0.1) is 0 Å². The largest absolute Gasteiger partial charge is 0.317 e. The fraction of sp³-hybridized carbons (Fsp3) is 0.360. The monoisotopic (exact) mass is 342 g/mol. The van der Waals surface area contributed by atoms with E-state index in [4.69, 9.17) is 0 Å². The summed E-state index contributed by atoms with van der Waals surface area (Å²) < 4.78 is 1.31. The Bertz CT molecular complexity index is 885. The summed E-state index contributed by atoms with van der Waals surface area (Å²) in [5, 5.41) is 2.84. The fourth-order valence-corrected chi connectivity index (χ4v) is 5.58. The van der Waals surface area contributed by atoms with Gasteiger partial charge in [0.1, 0.15) is 6.54 Å². The first kappa shape index (κ1) is 16.1. The molecular weight excluding hydrogens is 314 g/mol. The predicted octanol–water partition coefficient (Wildman–Crippen LogP) is 5.58. The van der Waals surface area contributed by atoms with Crippen LogP contribution in [0.25, 0.3) is 10.8 Å². The highest BCUT2D eigenvalue weighted by Crippen LogP contribution is 2.41. The molecule has 3 fully saturated rings. The van der Waals surface area contributed by atoms with Crippen molar-refractivity contribution in [2.75, 3.05) is 13.1 Å². The van der Waals surface area contributed by atoms with Crippen molar-refractivity contribution in [2.24, 2.45) is 5.92 Å². The summed E-state index contributed by atoms with van der Waals surface area (Å²) in [6, 6.07) is 27.7. The van der Waals surface area contributed by atoms with E-state index in [1.165, 1.54) is 66.1 Å².